The second-order valence-electron chi connectivity index (χ2n) is 13.7. The number of hydrogen-bond acceptors (Lipinski definition) is 3. The second-order valence-corrected chi connectivity index (χ2v) is 13.7. The Labute approximate surface area is 302 Å². The number of nitrogens with zero attached hydrogens (tertiary/aromatic N) is 1. The maximum absolute atomic E-state index is 6.47. The van der Waals surface area contributed by atoms with E-state index in [1.807, 2.05) is 18.2 Å². The number of furan rings is 2. The molecule has 7 aromatic carbocycles. The van der Waals surface area contributed by atoms with Gasteiger partial charge >= 0.3 is 0 Å². The largest absolute Gasteiger partial charge is 0.455 e. The molecule has 2 heterocycles. The summed E-state index contributed by atoms with van der Waals surface area (Å²) in [6, 6.07) is 57.9. The lowest BCUT2D eigenvalue weighted by molar-refractivity contribution is 0.663. The Balaban J connectivity index is 1.08. The van der Waals surface area contributed by atoms with Crippen LogP contribution in [0.3, 0.4) is 0 Å². The van der Waals surface area contributed by atoms with E-state index in [4.69, 9.17) is 8.83 Å². The van der Waals surface area contributed by atoms with Gasteiger partial charge in [-0.3, -0.25) is 0 Å². The van der Waals surface area contributed by atoms with Gasteiger partial charge in [0.25, 0.3) is 0 Å². The molecule has 2 aromatic heterocycles. The van der Waals surface area contributed by atoms with Crippen molar-refractivity contribution in [2.45, 2.75) is 13.3 Å². The topological polar surface area (TPSA) is 29.5 Å². The number of rotatable bonds is 6. The minimum atomic E-state index is 0.267. The summed E-state index contributed by atoms with van der Waals surface area (Å²) in [6.45, 7) is 2.33. The van der Waals surface area contributed by atoms with Crippen LogP contribution in [0.4, 0.5) is 11.4 Å². The van der Waals surface area contributed by atoms with Gasteiger partial charge in [0, 0.05) is 49.7 Å². The SMILES string of the molecule is CC1CC(N(c2ccc(-c3cccc4c3oc3ccccc34)cc2)c2cccc(-c3ccccc3)c2)=CC=C1c1cccc2c1oc1ccccc12. The Morgan fingerprint density at radius 2 is 1.04 bits per heavy atom. The molecule has 0 amide bonds. The van der Waals surface area contributed by atoms with Crippen molar-refractivity contribution >= 4 is 60.8 Å². The summed E-state index contributed by atoms with van der Waals surface area (Å²) in [5.74, 6) is 0.267. The first kappa shape index (κ1) is 30.3. The summed E-state index contributed by atoms with van der Waals surface area (Å²) < 4.78 is 12.9. The average Bonchev–Trinajstić information content (AvgIpc) is 3.78. The smallest absolute Gasteiger partial charge is 0.143 e. The number of para-hydroxylation sites is 4. The number of anilines is 2. The van der Waals surface area contributed by atoms with Crippen LogP contribution in [0.1, 0.15) is 18.9 Å². The van der Waals surface area contributed by atoms with Gasteiger partial charge in [-0.15, -0.1) is 0 Å². The minimum Gasteiger partial charge on any atom is -0.455 e. The number of hydrogen-bond donors (Lipinski definition) is 0. The Morgan fingerprint density at radius 3 is 1.73 bits per heavy atom. The van der Waals surface area contributed by atoms with Crippen LogP contribution in [0.5, 0.6) is 0 Å². The molecule has 0 N–H and O–H groups in total. The van der Waals surface area contributed by atoms with E-state index in [-0.39, 0.29) is 5.92 Å². The van der Waals surface area contributed by atoms with Crippen LogP contribution >= 0.6 is 0 Å². The first-order chi connectivity index (χ1) is 25.7. The summed E-state index contributed by atoms with van der Waals surface area (Å²) in [4.78, 5) is 2.42. The molecule has 1 aliphatic rings. The summed E-state index contributed by atoms with van der Waals surface area (Å²) in [6.07, 6.45) is 5.48. The summed E-state index contributed by atoms with van der Waals surface area (Å²) in [7, 11) is 0. The normalized spacial score (nSPS) is 14.6. The van der Waals surface area contributed by atoms with Gasteiger partial charge in [-0.05, 0) is 77.1 Å². The monoisotopic (exact) mass is 669 g/mol. The zero-order valence-electron chi connectivity index (χ0n) is 28.8. The molecule has 0 spiro atoms. The predicted octanol–water partition coefficient (Wildman–Crippen LogP) is 14.0. The van der Waals surface area contributed by atoms with Gasteiger partial charge in [-0.2, -0.15) is 0 Å². The van der Waals surface area contributed by atoms with E-state index in [1.54, 1.807) is 0 Å². The predicted molar refractivity (Wildman–Crippen MR) is 217 cm³/mol. The number of benzene rings is 7. The lowest BCUT2D eigenvalue weighted by atomic mass is 9.85. The second kappa shape index (κ2) is 12.3. The van der Waals surface area contributed by atoms with Gasteiger partial charge in [0.05, 0.1) is 0 Å². The van der Waals surface area contributed by atoms with Gasteiger partial charge in [0.1, 0.15) is 22.3 Å². The van der Waals surface area contributed by atoms with Crippen LogP contribution in [0, 0.1) is 5.92 Å². The first-order valence-corrected chi connectivity index (χ1v) is 18.0. The van der Waals surface area contributed by atoms with E-state index >= 15 is 0 Å². The van der Waals surface area contributed by atoms with Crippen molar-refractivity contribution in [3.63, 3.8) is 0 Å². The molecule has 0 fully saturated rings. The van der Waals surface area contributed by atoms with E-state index in [2.05, 4.69) is 170 Å². The Bertz CT molecular complexity index is 2830. The van der Waals surface area contributed by atoms with Gasteiger partial charge in [0.15, 0.2) is 0 Å². The van der Waals surface area contributed by atoms with Gasteiger partial charge in [-0.25, -0.2) is 0 Å². The highest BCUT2D eigenvalue weighted by Crippen LogP contribution is 2.43. The summed E-state index contributed by atoms with van der Waals surface area (Å²) >= 11 is 0. The lowest BCUT2D eigenvalue weighted by Crippen LogP contribution is -2.20. The molecule has 0 radical (unpaired) electrons. The Kier molecular flexibility index (Phi) is 7.17. The van der Waals surface area contributed by atoms with Gasteiger partial charge in [0.2, 0.25) is 0 Å². The first-order valence-electron chi connectivity index (χ1n) is 18.0. The maximum Gasteiger partial charge on any atom is 0.143 e. The van der Waals surface area contributed by atoms with Crippen molar-refractivity contribution in [1.29, 1.82) is 0 Å². The molecule has 10 rings (SSSR count). The van der Waals surface area contributed by atoms with Crippen molar-refractivity contribution in [3.8, 4) is 22.3 Å². The highest BCUT2D eigenvalue weighted by atomic mass is 16.3. The highest BCUT2D eigenvalue weighted by Gasteiger charge is 2.25. The highest BCUT2D eigenvalue weighted by molar-refractivity contribution is 6.10. The van der Waals surface area contributed by atoms with Crippen LogP contribution in [-0.4, -0.2) is 0 Å². The molecule has 1 aliphatic carbocycles. The van der Waals surface area contributed by atoms with Crippen LogP contribution in [0.15, 0.2) is 190 Å². The van der Waals surface area contributed by atoms with E-state index in [0.717, 1.165) is 72.8 Å². The van der Waals surface area contributed by atoms with Crippen LogP contribution in [0.2, 0.25) is 0 Å². The molecule has 0 saturated heterocycles. The van der Waals surface area contributed by atoms with Gasteiger partial charge in [-0.1, -0.05) is 140 Å². The Hall–Kier alpha value is -6.58. The lowest BCUT2D eigenvalue weighted by Gasteiger charge is -2.32. The average molecular weight is 670 g/mol. The molecule has 0 aliphatic heterocycles. The molecule has 3 heteroatoms. The summed E-state index contributed by atoms with van der Waals surface area (Å²) in [5.41, 5.74) is 14.3. The molecule has 248 valence electrons. The van der Waals surface area contributed by atoms with Crippen molar-refractivity contribution in [1.82, 2.24) is 0 Å². The standard InChI is InChI=1S/C49H35NO2/c1-32-30-38(28-29-39(32)43-19-11-21-45-42-17-6-8-23-47(42)52-49(43)45)50(37-15-9-14-35(31-37)33-12-3-2-4-13-33)36-26-24-34(25-27-36)40-18-10-20-44-41-16-5-7-22-46(41)51-48(40)44/h2-29,31-32H,30H2,1H3. The maximum atomic E-state index is 6.47. The molecular weight excluding hydrogens is 635 g/mol. The van der Waals surface area contributed by atoms with Crippen molar-refractivity contribution < 1.29 is 8.83 Å². The third-order valence-electron chi connectivity index (χ3n) is 10.6. The zero-order chi connectivity index (χ0) is 34.6. The van der Waals surface area contributed by atoms with E-state index in [0.29, 0.717) is 0 Å². The quantitative estimate of drug-likeness (QED) is 0.176. The molecule has 0 bridgehead atoms. The minimum absolute atomic E-state index is 0.267. The molecule has 1 atom stereocenters. The van der Waals surface area contributed by atoms with Crippen molar-refractivity contribution in [3.05, 3.63) is 187 Å². The van der Waals surface area contributed by atoms with Crippen LogP contribution in [-0.2, 0) is 0 Å². The molecule has 3 nitrogen and oxygen atoms in total. The number of allylic oxidation sites excluding steroid dienone is 4. The van der Waals surface area contributed by atoms with Crippen molar-refractivity contribution in [2.75, 3.05) is 4.90 Å². The van der Waals surface area contributed by atoms with Crippen LogP contribution < -0.4 is 4.90 Å². The van der Waals surface area contributed by atoms with E-state index in [9.17, 15) is 0 Å². The fourth-order valence-electron chi connectivity index (χ4n) is 8.04. The van der Waals surface area contributed by atoms with Crippen LogP contribution in [0.25, 0.3) is 71.7 Å². The summed E-state index contributed by atoms with van der Waals surface area (Å²) in [5, 5.41) is 4.60. The number of fused-ring (bicyclic) bond motifs is 6. The third kappa shape index (κ3) is 5.05. The fraction of sp³-hybridized carbons (Fsp3) is 0.0612. The molecular formula is C49H35NO2. The fourth-order valence-corrected chi connectivity index (χ4v) is 8.04. The van der Waals surface area contributed by atoms with Gasteiger partial charge < -0.3 is 13.7 Å². The van der Waals surface area contributed by atoms with Crippen molar-refractivity contribution in [2.24, 2.45) is 5.92 Å². The van der Waals surface area contributed by atoms with E-state index in [1.165, 1.54) is 28.0 Å². The Morgan fingerprint density at radius 1 is 0.462 bits per heavy atom. The zero-order valence-corrected chi connectivity index (χ0v) is 28.8. The molecule has 0 saturated carbocycles. The third-order valence-corrected chi connectivity index (χ3v) is 10.6. The molecule has 52 heavy (non-hydrogen) atoms. The molecule has 9 aromatic rings. The van der Waals surface area contributed by atoms with E-state index < -0.39 is 0 Å². The molecule has 1 unspecified atom stereocenters.